The van der Waals surface area contributed by atoms with Crippen molar-refractivity contribution >= 4 is 5.82 Å². The minimum Gasteiger partial charge on any atom is -0.392 e. The molecule has 4 heteroatoms. The Morgan fingerprint density at radius 1 is 1.47 bits per heavy atom. The molecular formula is C13H20N2O2. The molecule has 1 saturated heterocycles. The van der Waals surface area contributed by atoms with E-state index in [1.54, 1.807) is 6.20 Å². The number of piperidine rings is 1. The summed E-state index contributed by atoms with van der Waals surface area (Å²) >= 11 is 0. The maximum absolute atomic E-state index is 9.29. The van der Waals surface area contributed by atoms with Crippen LogP contribution >= 0.6 is 0 Å². The third kappa shape index (κ3) is 2.96. The molecule has 17 heavy (non-hydrogen) atoms. The van der Waals surface area contributed by atoms with Crippen LogP contribution in [0.2, 0.25) is 0 Å². The number of aliphatic hydroxyl groups is 1. The summed E-state index contributed by atoms with van der Waals surface area (Å²) in [6, 6.07) is 3.79. The number of rotatable bonds is 4. The highest BCUT2D eigenvalue weighted by Crippen LogP contribution is 2.22. The van der Waals surface area contributed by atoms with Gasteiger partial charge in [-0.15, -0.1) is 0 Å². The van der Waals surface area contributed by atoms with Crippen molar-refractivity contribution in [3.63, 3.8) is 0 Å². The van der Waals surface area contributed by atoms with Gasteiger partial charge in [0.25, 0.3) is 0 Å². The van der Waals surface area contributed by atoms with Crippen molar-refractivity contribution in [2.45, 2.75) is 32.5 Å². The lowest BCUT2D eigenvalue weighted by Crippen LogP contribution is -2.38. The Bertz CT molecular complexity index is 349. The molecule has 1 aliphatic heterocycles. The van der Waals surface area contributed by atoms with Crippen LogP contribution in [0, 0.1) is 0 Å². The zero-order valence-corrected chi connectivity index (χ0v) is 10.3. The lowest BCUT2D eigenvalue weighted by Gasteiger charge is -2.33. The maximum Gasteiger partial charge on any atom is 0.134 e. The Morgan fingerprint density at radius 2 is 2.24 bits per heavy atom. The van der Waals surface area contributed by atoms with E-state index < -0.39 is 0 Å². The topological polar surface area (TPSA) is 45.6 Å². The first-order valence-corrected chi connectivity index (χ1v) is 6.26. The predicted octanol–water partition coefficient (Wildman–Crippen LogP) is 1.58. The Morgan fingerprint density at radius 3 is 2.88 bits per heavy atom. The molecule has 1 aromatic rings. The van der Waals surface area contributed by atoms with Gasteiger partial charge in [-0.3, -0.25) is 0 Å². The summed E-state index contributed by atoms with van der Waals surface area (Å²) in [5, 5.41) is 9.29. The van der Waals surface area contributed by atoms with Crippen LogP contribution in [0.3, 0.4) is 0 Å². The molecule has 1 N–H and O–H groups in total. The van der Waals surface area contributed by atoms with Crippen LogP contribution in [0.4, 0.5) is 5.82 Å². The normalized spacial score (nSPS) is 17.4. The van der Waals surface area contributed by atoms with Crippen LogP contribution in [0.25, 0.3) is 0 Å². The second kappa shape index (κ2) is 5.98. The van der Waals surface area contributed by atoms with Crippen molar-refractivity contribution in [3.8, 4) is 0 Å². The van der Waals surface area contributed by atoms with Gasteiger partial charge < -0.3 is 14.7 Å². The van der Waals surface area contributed by atoms with Gasteiger partial charge in [0.1, 0.15) is 5.82 Å². The number of pyridine rings is 1. The van der Waals surface area contributed by atoms with Crippen LogP contribution in [0.15, 0.2) is 18.3 Å². The van der Waals surface area contributed by atoms with Crippen LogP contribution in [0.5, 0.6) is 0 Å². The van der Waals surface area contributed by atoms with Gasteiger partial charge in [0.2, 0.25) is 0 Å². The zero-order valence-electron chi connectivity index (χ0n) is 10.3. The SMILES string of the molecule is CCOC1CCN(c2ncccc2CO)CC1. The van der Waals surface area contributed by atoms with E-state index in [1.165, 1.54) is 0 Å². The zero-order chi connectivity index (χ0) is 12.1. The minimum atomic E-state index is 0.0502. The number of nitrogens with zero attached hydrogens (tertiary/aromatic N) is 2. The van der Waals surface area contributed by atoms with Crippen molar-refractivity contribution in [2.75, 3.05) is 24.6 Å². The molecule has 2 heterocycles. The second-order valence-corrected chi connectivity index (χ2v) is 4.29. The fourth-order valence-electron chi connectivity index (χ4n) is 2.31. The van der Waals surface area contributed by atoms with Gasteiger partial charge in [-0.2, -0.15) is 0 Å². The molecule has 0 amide bonds. The molecule has 1 fully saturated rings. The summed E-state index contributed by atoms with van der Waals surface area (Å²) < 4.78 is 5.63. The number of aliphatic hydroxyl groups excluding tert-OH is 1. The molecule has 0 spiro atoms. The summed E-state index contributed by atoms with van der Waals surface area (Å²) in [6.45, 7) is 4.78. The quantitative estimate of drug-likeness (QED) is 0.862. The number of ether oxygens (including phenoxy) is 1. The predicted molar refractivity (Wildman–Crippen MR) is 67.0 cm³/mol. The van der Waals surface area contributed by atoms with E-state index in [-0.39, 0.29) is 6.61 Å². The average molecular weight is 236 g/mol. The van der Waals surface area contributed by atoms with E-state index in [1.807, 2.05) is 19.1 Å². The molecule has 1 aliphatic rings. The van der Waals surface area contributed by atoms with Crippen LogP contribution < -0.4 is 4.90 Å². The number of hydrogen-bond donors (Lipinski definition) is 1. The number of hydrogen-bond acceptors (Lipinski definition) is 4. The largest absolute Gasteiger partial charge is 0.392 e. The lowest BCUT2D eigenvalue weighted by molar-refractivity contribution is 0.0458. The van der Waals surface area contributed by atoms with E-state index >= 15 is 0 Å². The van der Waals surface area contributed by atoms with Gasteiger partial charge in [0.05, 0.1) is 12.7 Å². The van der Waals surface area contributed by atoms with Gasteiger partial charge in [0, 0.05) is 31.5 Å². The van der Waals surface area contributed by atoms with E-state index in [0.29, 0.717) is 6.10 Å². The molecule has 0 aromatic carbocycles. The first-order valence-electron chi connectivity index (χ1n) is 6.26. The summed E-state index contributed by atoms with van der Waals surface area (Å²) in [4.78, 5) is 6.61. The standard InChI is InChI=1S/C13H20N2O2/c1-2-17-12-5-8-15(9-6-12)13-11(10-16)4-3-7-14-13/h3-4,7,12,16H,2,5-6,8-10H2,1H3. The first kappa shape index (κ1) is 12.3. The summed E-state index contributed by atoms with van der Waals surface area (Å²) in [6.07, 6.45) is 4.24. The average Bonchev–Trinajstić information content (AvgIpc) is 2.40. The van der Waals surface area contributed by atoms with E-state index in [9.17, 15) is 5.11 Å². The monoisotopic (exact) mass is 236 g/mol. The van der Waals surface area contributed by atoms with Crippen LogP contribution in [-0.2, 0) is 11.3 Å². The molecule has 1 aromatic heterocycles. The summed E-state index contributed by atoms with van der Waals surface area (Å²) in [7, 11) is 0. The number of aromatic nitrogens is 1. The Balaban J connectivity index is 2.00. The van der Waals surface area contributed by atoms with Crippen LogP contribution in [-0.4, -0.2) is 35.9 Å². The van der Waals surface area contributed by atoms with Crippen LogP contribution in [0.1, 0.15) is 25.3 Å². The molecule has 0 aliphatic carbocycles. The molecular weight excluding hydrogens is 216 g/mol. The molecule has 4 nitrogen and oxygen atoms in total. The van der Waals surface area contributed by atoms with Crippen molar-refractivity contribution in [2.24, 2.45) is 0 Å². The number of anilines is 1. The van der Waals surface area contributed by atoms with E-state index in [2.05, 4.69) is 9.88 Å². The van der Waals surface area contributed by atoms with Crippen molar-refractivity contribution in [1.82, 2.24) is 4.98 Å². The third-order valence-electron chi connectivity index (χ3n) is 3.18. The molecule has 2 rings (SSSR count). The smallest absolute Gasteiger partial charge is 0.134 e. The van der Waals surface area contributed by atoms with Crippen molar-refractivity contribution in [3.05, 3.63) is 23.9 Å². The fourth-order valence-corrected chi connectivity index (χ4v) is 2.31. The molecule has 0 atom stereocenters. The Kier molecular flexibility index (Phi) is 4.34. The van der Waals surface area contributed by atoms with Crippen molar-refractivity contribution < 1.29 is 9.84 Å². The molecule has 94 valence electrons. The fraction of sp³-hybridized carbons (Fsp3) is 0.615. The highest BCUT2D eigenvalue weighted by atomic mass is 16.5. The third-order valence-corrected chi connectivity index (χ3v) is 3.18. The van der Waals surface area contributed by atoms with Gasteiger partial charge in [-0.1, -0.05) is 6.07 Å². The van der Waals surface area contributed by atoms with Gasteiger partial charge in [-0.05, 0) is 25.8 Å². The summed E-state index contributed by atoms with van der Waals surface area (Å²) in [5.41, 5.74) is 0.905. The maximum atomic E-state index is 9.29. The van der Waals surface area contributed by atoms with Crippen molar-refractivity contribution in [1.29, 1.82) is 0 Å². The summed E-state index contributed by atoms with van der Waals surface area (Å²) in [5.74, 6) is 0.921. The molecule has 0 bridgehead atoms. The highest BCUT2D eigenvalue weighted by Gasteiger charge is 2.21. The molecule has 0 unspecified atom stereocenters. The highest BCUT2D eigenvalue weighted by molar-refractivity contribution is 5.46. The molecule has 0 radical (unpaired) electrons. The Hall–Kier alpha value is -1.13. The Labute approximate surface area is 102 Å². The van der Waals surface area contributed by atoms with E-state index in [4.69, 9.17) is 4.74 Å². The van der Waals surface area contributed by atoms with E-state index in [0.717, 1.165) is 43.9 Å². The second-order valence-electron chi connectivity index (χ2n) is 4.29. The lowest BCUT2D eigenvalue weighted by atomic mass is 10.1. The van der Waals surface area contributed by atoms with Gasteiger partial charge in [-0.25, -0.2) is 4.98 Å². The minimum absolute atomic E-state index is 0.0502. The first-order chi connectivity index (χ1) is 8.35. The van der Waals surface area contributed by atoms with Gasteiger partial charge in [0.15, 0.2) is 0 Å². The van der Waals surface area contributed by atoms with Gasteiger partial charge >= 0.3 is 0 Å². The molecule has 0 saturated carbocycles.